The number of halogens is 3. The first kappa shape index (κ1) is 33.3. The van der Waals surface area contributed by atoms with Crippen LogP contribution >= 0.6 is 34.8 Å². The molecule has 2 aliphatic heterocycles. The van der Waals surface area contributed by atoms with Crippen LogP contribution in [0.3, 0.4) is 0 Å². The Kier molecular flexibility index (Phi) is 10.5. The Morgan fingerprint density at radius 3 is 2.22 bits per heavy atom. The summed E-state index contributed by atoms with van der Waals surface area (Å²) in [4.78, 5) is 32.2. The van der Waals surface area contributed by atoms with Crippen molar-refractivity contribution in [2.75, 3.05) is 87.5 Å². The Morgan fingerprint density at radius 1 is 0.956 bits per heavy atom. The Labute approximate surface area is 280 Å². The first-order chi connectivity index (χ1) is 21.5. The number of hydrogen-bond acceptors (Lipinski definition) is 9. The number of rotatable bonds is 8. The molecule has 242 valence electrons. The zero-order chi connectivity index (χ0) is 32.4. The van der Waals surface area contributed by atoms with Crippen LogP contribution in [0.4, 0.5) is 34.5 Å². The number of amides is 1. The van der Waals surface area contributed by atoms with Gasteiger partial charge in [0.15, 0.2) is 5.82 Å². The van der Waals surface area contributed by atoms with Gasteiger partial charge in [0.2, 0.25) is 11.9 Å². The second-order valence-electron chi connectivity index (χ2n) is 11.8. The molecule has 5 rings (SSSR count). The highest BCUT2D eigenvalue weighted by atomic mass is 35.5. The molecular formula is C32H41Cl3N8O2. The third-order valence-corrected chi connectivity index (χ3v) is 9.87. The lowest BCUT2D eigenvalue weighted by atomic mass is 10.0. The standard InChI is InChI=1S/C32H41Cl3N8O2/c1-20-15-26(30(45-6)18-27(20)43-9-7-22(8-10-43)42-13-11-39(3)12-14-42)37-32-36-19-25(35)31(38-32)41(5)29-17-24(34)23(33)16-28(29)40(4)21(2)44/h15-19,22H,7-14H2,1-6H3,(H,36,37,38). The lowest BCUT2D eigenvalue weighted by Gasteiger charge is -2.43. The number of nitrogens with one attached hydrogen (secondary N) is 1. The maximum atomic E-state index is 12.2. The molecule has 1 amide bonds. The van der Waals surface area contributed by atoms with Gasteiger partial charge < -0.3 is 29.7 Å². The summed E-state index contributed by atoms with van der Waals surface area (Å²) in [7, 11) is 7.33. The first-order valence-corrected chi connectivity index (χ1v) is 16.2. The van der Waals surface area contributed by atoms with Gasteiger partial charge in [-0.25, -0.2) is 4.98 Å². The van der Waals surface area contributed by atoms with Gasteiger partial charge in [-0.1, -0.05) is 34.8 Å². The van der Waals surface area contributed by atoms with Crippen LogP contribution in [0, 0.1) is 6.92 Å². The van der Waals surface area contributed by atoms with Crippen LogP contribution in [0.1, 0.15) is 25.3 Å². The molecule has 3 heterocycles. The average molecular weight is 676 g/mol. The number of anilines is 6. The highest BCUT2D eigenvalue weighted by molar-refractivity contribution is 6.42. The van der Waals surface area contributed by atoms with E-state index in [0.29, 0.717) is 50.0 Å². The largest absolute Gasteiger partial charge is 0.494 e. The Bertz CT molecular complexity index is 1540. The predicted octanol–water partition coefficient (Wildman–Crippen LogP) is 6.46. The van der Waals surface area contributed by atoms with E-state index in [0.717, 1.165) is 63.4 Å². The lowest BCUT2D eigenvalue weighted by Crippen LogP contribution is -2.52. The third-order valence-electron chi connectivity index (χ3n) is 8.88. The predicted molar refractivity (Wildman–Crippen MR) is 186 cm³/mol. The second kappa shape index (κ2) is 14.2. The number of hydrogen-bond donors (Lipinski definition) is 1. The van der Waals surface area contributed by atoms with Crippen molar-refractivity contribution in [1.29, 1.82) is 0 Å². The summed E-state index contributed by atoms with van der Waals surface area (Å²) >= 11 is 19.3. The van der Waals surface area contributed by atoms with Gasteiger partial charge in [-0.2, -0.15) is 4.98 Å². The molecule has 13 heteroatoms. The van der Waals surface area contributed by atoms with E-state index in [9.17, 15) is 4.79 Å². The molecule has 2 aliphatic rings. The normalized spacial score (nSPS) is 16.5. The summed E-state index contributed by atoms with van der Waals surface area (Å²) in [6, 6.07) is 8.14. The number of methoxy groups -OCH3 is 1. The fraction of sp³-hybridized carbons (Fsp3) is 0.469. The molecule has 10 nitrogen and oxygen atoms in total. The van der Waals surface area contributed by atoms with Crippen molar-refractivity contribution in [2.45, 2.75) is 32.7 Å². The molecule has 0 unspecified atom stereocenters. The van der Waals surface area contributed by atoms with Crippen LogP contribution in [0.25, 0.3) is 0 Å². The van der Waals surface area contributed by atoms with Crippen LogP contribution in [0.15, 0.2) is 30.5 Å². The molecule has 2 fully saturated rings. The van der Waals surface area contributed by atoms with E-state index in [4.69, 9.17) is 44.5 Å². The van der Waals surface area contributed by atoms with Crippen molar-refractivity contribution in [3.05, 3.63) is 51.1 Å². The molecule has 0 spiro atoms. The summed E-state index contributed by atoms with van der Waals surface area (Å²) in [5, 5.41) is 4.32. The maximum absolute atomic E-state index is 12.2. The molecule has 2 aromatic carbocycles. The van der Waals surface area contributed by atoms with E-state index in [1.165, 1.54) is 23.7 Å². The SMILES string of the molecule is COc1cc(N2CCC(N3CCN(C)CC3)CC2)c(C)cc1Nc1ncc(Cl)c(N(C)c2cc(Cl)c(Cl)cc2N(C)C(C)=O)n1. The molecule has 45 heavy (non-hydrogen) atoms. The number of piperidine rings is 1. The zero-order valence-electron chi connectivity index (χ0n) is 26.7. The van der Waals surface area contributed by atoms with Crippen LogP contribution in [0.5, 0.6) is 5.75 Å². The van der Waals surface area contributed by atoms with E-state index in [-0.39, 0.29) is 5.91 Å². The summed E-state index contributed by atoms with van der Waals surface area (Å²) in [6.07, 6.45) is 3.85. The topological polar surface area (TPSA) is 80.3 Å². The fourth-order valence-corrected chi connectivity index (χ4v) is 6.60. The first-order valence-electron chi connectivity index (χ1n) is 15.1. The van der Waals surface area contributed by atoms with Gasteiger partial charge in [0.1, 0.15) is 10.8 Å². The van der Waals surface area contributed by atoms with Crippen molar-refractivity contribution in [2.24, 2.45) is 0 Å². The molecule has 0 saturated carbocycles. The molecule has 0 aliphatic carbocycles. The van der Waals surface area contributed by atoms with E-state index in [2.05, 4.69) is 51.1 Å². The highest BCUT2D eigenvalue weighted by Crippen LogP contribution is 2.41. The van der Waals surface area contributed by atoms with Crippen LogP contribution in [0.2, 0.25) is 15.1 Å². The molecule has 1 N–H and O–H groups in total. The minimum Gasteiger partial charge on any atom is -0.494 e. The molecule has 0 atom stereocenters. The van der Waals surface area contributed by atoms with Crippen molar-refractivity contribution >= 4 is 75.2 Å². The van der Waals surface area contributed by atoms with Gasteiger partial charge in [-0.3, -0.25) is 9.69 Å². The quantitative estimate of drug-likeness (QED) is 0.289. The lowest BCUT2D eigenvalue weighted by molar-refractivity contribution is -0.116. The average Bonchev–Trinajstić information content (AvgIpc) is 3.03. The van der Waals surface area contributed by atoms with Gasteiger partial charge in [0.05, 0.1) is 40.4 Å². The molecule has 3 aromatic rings. The van der Waals surface area contributed by atoms with Crippen molar-refractivity contribution in [1.82, 2.24) is 19.8 Å². The Hall–Kier alpha value is -3.02. The maximum Gasteiger partial charge on any atom is 0.229 e. The number of aromatic nitrogens is 2. The van der Waals surface area contributed by atoms with E-state index in [1.54, 1.807) is 38.2 Å². The van der Waals surface area contributed by atoms with E-state index >= 15 is 0 Å². The Morgan fingerprint density at radius 2 is 1.60 bits per heavy atom. The van der Waals surface area contributed by atoms with Crippen molar-refractivity contribution in [3.8, 4) is 5.75 Å². The number of carbonyl (C=O) groups excluding carboxylic acids is 1. The van der Waals surface area contributed by atoms with Crippen LogP contribution in [-0.2, 0) is 4.79 Å². The van der Waals surface area contributed by atoms with E-state index < -0.39 is 0 Å². The van der Waals surface area contributed by atoms with Gasteiger partial charge in [0.25, 0.3) is 0 Å². The van der Waals surface area contributed by atoms with Gasteiger partial charge in [-0.15, -0.1) is 0 Å². The smallest absolute Gasteiger partial charge is 0.229 e. The molecule has 0 radical (unpaired) electrons. The number of benzene rings is 2. The summed E-state index contributed by atoms with van der Waals surface area (Å²) in [5.74, 6) is 1.28. The van der Waals surface area contributed by atoms with Gasteiger partial charge in [-0.05, 0) is 50.6 Å². The molecule has 1 aromatic heterocycles. The number of carbonyl (C=O) groups is 1. The van der Waals surface area contributed by atoms with Crippen molar-refractivity contribution < 1.29 is 9.53 Å². The number of aryl methyl sites for hydroxylation is 1. The minimum absolute atomic E-state index is 0.163. The fourth-order valence-electron chi connectivity index (χ4n) is 6.06. The van der Waals surface area contributed by atoms with Crippen molar-refractivity contribution in [3.63, 3.8) is 0 Å². The molecular weight excluding hydrogens is 635 g/mol. The number of ether oxygens (including phenoxy) is 1. The second-order valence-corrected chi connectivity index (χ2v) is 13.0. The van der Waals surface area contributed by atoms with Gasteiger partial charge >= 0.3 is 0 Å². The monoisotopic (exact) mass is 674 g/mol. The Balaban J connectivity index is 1.36. The minimum atomic E-state index is -0.163. The van der Waals surface area contributed by atoms with E-state index in [1.807, 2.05) is 0 Å². The number of nitrogens with zero attached hydrogens (tertiary/aromatic N) is 7. The molecule has 2 saturated heterocycles. The zero-order valence-corrected chi connectivity index (χ0v) is 29.0. The van der Waals surface area contributed by atoms with Crippen LogP contribution in [-0.4, -0.2) is 99.2 Å². The van der Waals surface area contributed by atoms with Gasteiger partial charge in [0, 0.05) is 78.1 Å². The highest BCUT2D eigenvalue weighted by Gasteiger charge is 2.28. The summed E-state index contributed by atoms with van der Waals surface area (Å²) in [5.41, 5.74) is 4.21. The summed E-state index contributed by atoms with van der Waals surface area (Å²) < 4.78 is 5.83. The summed E-state index contributed by atoms with van der Waals surface area (Å²) in [6.45, 7) is 10.2. The van der Waals surface area contributed by atoms with Crippen LogP contribution < -0.4 is 24.8 Å². The number of piperazine rings is 1. The number of likely N-dealkylation sites (N-methyl/N-ethyl adjacent to an activating group) is 1. The molecule has 0 bridgehead atoms. The third kappa shape index (κ3) is 7.36.